The van der Waals surface area contributed by atoms with Gasteiger partial charge in [0.05, 0.1) is 0 Å². The highest BCUT2D eigenvalue weighted by Gasteiger charge is 2.19. The van der Waals surface area contributed by atoms with Gasteiger partial charge >= 0.3 is 0 Å². The maximum absolute atomic E-state index is 2.29. The van der Waals surface area contributed by atoms with Gasteiger partial charge in [-0.3, -0.25) is 0 Å². The third-order valence-electron chi connectivity index (χ3n) is 3.29. The third kappa shape index (κ3) is 9.36. The lowest BCUT2D eigenvalue weighted by Gasteiger charge is -2.01. The zero-order chi connectivity index (χ0) is 10.8. The molecular weight excluding hydrogens is 199 g/mol. The van der Waals surface area contributed by atoms with E-state index in [1.165, 1.54) is 72.0 Å². The summed E-state index contributed by atoms with van der Waals surface area (Å²) in [5.41, 5.74) is 1.18. The summed E-state index contributed by atoms with van der Waals surface area (Å²) in [5.74, 6) is 0. The SMILES string of the molecule is CCCCCCCCCCCPC1CC1. The molecule has 0 aromatic rings. The van der Waals surface area contributed by atoms with Crippen molar-refractivity contribution < 1.29 is 0 Å². The molecule has 0 nitrogen and oxygen atoms in total. The van der Waals surface area contributed by atoms with E-state index in [1.807, 2.05) is 0 Å². The van der Waals surface area contributed by atoms with Crippen molar-refractivity contribution in [3.05, 3.63) is 0 Å². The topological polar surface area (TPSA) is 0 Å². The predicted octanol–water partition coefficient (Wildman–Crippen LogP) is 5.36. The van der Waals surface area contributed by atoms with Crippen LogP contribution in [-0.4, -0.2) is 11.8 Å². The fraction of sp³-hybridized carbons (Fsp3) is 1.00. The number of rotatable bonds is 11. The van der Waals surface area contributed by atoms with Gasteiger partial charge in [-0.15, -0.1) is 8.58 Å². The molecule has 0 aromatic heterocycles. The van der Waals surface area contributed by atoms with Gasteiger partial charge in [0.25, 0.3) is 0 Å². The molecule has 0 saturated heterocycles. The Morgan fingerprint density at radius 1 is 0.800 bits per heavy atom. The van der Waals surface area contributed by atoms with Gasteiger partial charge < -0.3 is 0 Å². The summed E-state index contributed by atoms with van der Waals surface area (Å²) in [5, 5.41) is 0. The van der Waals surface area contributed by atoms with Crippen LogP contribution >= 0.6 is 8.58 Å². The summed E-state index contributed by atoms with van der Waals surface area (Å²) in [4.78, 5) is 0. The Morgan fingerprint density at radius 2 is 1.33 bits per heavy atom. The lowest BCUT2D eigenvalue weighted by atomic mass is 10.1. The molecule has 0 N–H and O–H groups in total. The van der Waals surface area contributed by atoms with E-state index < -0.39 is 0 Å². The molecule has 0 aliphatic heterocycles. The van der Waals surface area contributed by atoms with Gasteiger partial charge in [0, 0.05) is 0 Å². The van der Waals surface area contributed by atoms with Crippen LogP contribution in [0.3, 0.4) is 0 Å². The molecule has 15 heavy (non-hydrogen) atoms. The highest BCUT2D eigenvalue weighted by atomic mass is 31.1. The Hall–Kier alpha value is 0.430. The van der Waals surface area contributed by atoms with Gasteiger partial charge in [-0.1, -0.05) is 58.3 Å². The van der Waals surface area contributed by atoms with E-state index in [0.29, 0.717) is 0 Å². The summed E-state index contributed by atoms with van der Waals surface area (Å²) in [6.07, 6.45) is 17.9. The first-order valence-electron chi connectivity index (χ1n) is 7.17. The third-order valence-corrected chi connectivity index (χ3v) is 5.09. The summed E-state index contributed by atoms with van der Waals surface area (Å²) in [7, 11) is 1.31. The summed E-state index contributed by atoms with van der Waals surface area (Å²) >= 11 is 0. The summed E-state index contributed by atoms with van der Waals surface area (Å²) in [6, 6.07) is 0. The molecule has 1 fully saturated rings. The number of hydrogen-bond acceptors (Lipinski definition) is 0. The molecule has 1 heteroatoms. The van der Waals surface area contributed by atoms with E-state index in [-0.39, 0.29) is 0 Å². The van der Waals surface area contributed by atoms with Crippen molar-refractivity contribution in [2.24, 2.45) is 0 Å². The van der Waals surface area contributed by atoms with Crippen LogP contribution in [-0.2, 0) is 0 Å². The van der Waals surface area contributed by atoms with Crippen molar-refractivity contribution in [2.45, 2.75) is 83.2 Å². The Bertz CT molecular complexity index is 129. The number of unbranched alkanes of at least 4 members (excludes halogenated alkanes) is 8. The molecule has 0 amide bonds. The monoisotopic (exact) mass is 228 g/mol. The van der Waals surface area contributed by atoms with Crippen molar-refractivity contribution in [2.75, 3.05) is 6.16 Å². The molecule has 90 valence electrons. The highest BCUT2D eigenvalue weighted by molar-refractivity contribution is 7.39. The van der Waals surface area contributed by atoms with Crippen molar-refractivity contribution in [1.29, 1.82) is 0 Å². The van der Waals surface area contributed by atoms with E-state index in [0.717, 1.165) is 0 Å². The van der Waals surface area contributed by atoms with Gasteiger partial charge in [0.1, 0.15) is 0 Å². The maximum atomic E-state index is 2.29. The Kier molecular flexibility index (Phi) is 8.67. The second-order valence-electron chi connectivity index (χ2n) is 5.06. The highest BCUT2D eigenvalue weighted by Crippen LogP contribution is 2.39. The molecule has 1 saturated carbocycles. The van der Waals surface area contributed by atoms with Crippen molar-refractivity contribution >= 4 is 8.58 Å². The minimum atomic E-state index is 1.18. The van der Waals surface area contributed by atoms with Crippen LogP contribution < -0.4 is 0 Å². The molecule has 1 unspecified atom stereocenters. The Balaban J connectivity index is 1.62. The van der Waals surface area contributed by atoms with E-state index in [1.54, 1.807) is 19.0 Å². The van der Waals surface area contributed by atoms with E-state index in [4.69, 9.17) is 0 Å². The molecule has 0 heterocycles. The smallest absolute Gasteiger partial charge is 0.0236 e. The molecule has 0 bridgehead atoms. The fourth-order valence-corrected chi connectivity index (χ4v) is 3.47. The first-order valence-corrected chi connectivity index (χ1v) is 8.45. The Labute approximate surface area is 98.4 Å². The molecule has 0 radical (unpaired) electrons. The van der Waals surface area contributed by atoms with E-state index in [2.05, 4.69) is 6.92 Å². The zero-order valence-corrected chi connectivity index (χ0v) is 11.6. The lowest BCUT2D eigenvalue weighted by Crippen LogP contribution is -1.83. The predicted molar refractivity (Wildman–Crippen MR) is 73.4 cm³/mol. The van der Waals surface area contributed by atoms with Crippen LogP contribution in [0.1, 0.15) is 77.6 Å². The van der Waals surface area contributed by atoms with Crippen LogP contribution in [0.2, 0.25) is 0 Å². The van der Waals surface area contributed by atoms with Crippen molar-refractivity contribution in [1.82, 2.24) is 0 Å². The zero-order valence-electron chi connectivity index (χ0n) is 10.6. The molecule has 0 spiro atoms. The minimum Gasteiger partial charge on any atom is -0.119 e. The van der Waals surface area contributed by atoms with Crippen LogP contribution in [0.4, 0.5) is 0 Å². The van der Waals surface area contributed by atoms with Crippen LogP contribution in [0.5, 0.6) is 0 Å². The normalized spacial score (nSPS) is 16.6. The Morgan fingerprint density at radius 3 is 1.87 bits per heavy atom. The molecule has 1 atom stereocenters. The van der Waals surface area contributed by atoms with Gasteiger partial charge in [0.15, 0.2) is 0 Å². The molecule has 0 aromatic carbocycles. The standard InChI is InChI=1S/C14H29P/c1-2-3-4-5-6-7-8-9-10-13-15-14-11-12-14/h14-15H,2-13H2,1H3. The molecule has 1 aliphatic rings. The average Bonchev–Trinajstić information content (AvgIpc) is 3.05. The van der Waals surface area contributed by atoms with Crippen molar-refractivity contribution in [3.8, 4) is 0 Å². The van der Waals surface area contributed by atoms with Gasteiger partial charge in [0.2, 0.25) is 0 Å². The summed E-state index contributed by atoms with van der Waals surface area (Å²) in [6.45, 7) is 2.29. The maximum Gasteiger partial charge on any atom is -0.0236 e. The second kappa shape index (κ2) is 9.64. The van der Waals surface area contributed by atoms with Crippen LogP contribution in [0.15, 0.2) is 0 Å². The quantitative estimate of drug-likeness (QED) is 0.330. The van der Waals surface area contributed by atoms with Gasteiger partial charge in [-0.05, 0) is 31.1 Å². The van der Waals surface area contributed by atoms with Crippen LogP contribution in [0, 0.1) is 0 Å². The molecular formula is C14H29P. The largest absolute Gasteiger partial charge is 0.119 e. The number of hydrogen-bond donors (Lipinski definition) is 0. The van der Waals surface area contributed by atoms with Crippen LogP contribution in [0.25, 0.3) is 0 Å². The lowest BCUT2D eigenvalue weighted by molar-refractivity contribution is 0.573. The fourth-order valence-electron chi connectivity index (χ4n) is 2.03. The van der Waals surface area contributed by atoms with E-state index >= 15 is 0 Å². The van der Waals surface area contributed by atoms with Gasteiger partial charge in [-0.2, -0.15) is 0 Å². The molecule has 1 rings (SSSR count). The first-order chi connectivity index (χ1) is 7.43. The minimum absolute atomic E-state index is 1.18. The molecule has 1 aliphatic carbocycles. The van der Waals surface area contributed by atoms with Crippen molar-refractivity contribution in [3.63, 3.8) is 0 Å². The van der Waals surface area contributed by atoms with Gasteiger partial charge in [-0.25, -0.2) is 0 Å². The first kappa shape index (κ1) is 13.5. The summed E-state index contributed by atoms with van der Waals surface area (Å²) < 4.78 is 0. The average molecular weight is 228 g/mol. The second-order valence-corrected chi connectivity index (χ2v) is 6.78. The van der Waals surface area contributed by atoms with E-state index in [9.17, 15) is 0 Å².